The fraction of sp³-hybridized carbons (Fsp3) is 0.611. The Morgan fingerprint density at radius 1 is 1.29 bits per heavy atom. The summed E-state index contributed by atoms with van der Waals surface area (Å²) in [6.07, 6.45) is 2.04. The molecule has 0 bridgehead atoms. The molecular formula is C18H24N2O4. The van der Waals surface area contributed by atoms with Crippen molar-refractivity contribution in [1.29, 1.82) is 0 Å². The molecule has 0 saturated carbocycles. The van der Waals surface area contributed by atoms with E-state index in [9.17, 15) is 4.79 Å². The highest BCUT2D eigenvalue weighted by atomic mass is 16.7. The molecular weight excluding hydrogens is 308 g/mol. The SMILES string of the molecule is CN(C)C(=O)[C@H]1C[C@H]2OCC[C@H]2N(Cc2ccc3c(c2)OCO3)C1. The number of carbonyl (C=O) groups excluding carboxylic acids is 1. The quantitative estimate of drug-likeness (QED) is 0.839. The maximum absolute atomic E-state index is 12.4. The Bertz CT molecular complexity index is 633. The van der Waals surface area contributed by atoms with Crippen LogP contribution in [0.3, 0.4) is 0 Å². The summed E-state index contributed by atoms with van der Waals surface area (Å²) in [6, 6.07) is 6.49. The molecule has 0 spiro atoms. The predicted molar refractivity (Wildman–Crippen MR) is 87.9 cm³/mol. The number of ether oxygens (including phenoxy) is 3. The summed E-state index contributed by atoms with van der Waals surface area (Å²) in [5.41, 5.74) is 1.18. The number of benzene rings is 1. The lowest BCUT2D eigenvalue weighted by Crippen LogP contribution is -2.52. The van der Waals surface area contributed by atoms with Gasteiger partial charge in [0.05, 0.1) is 12.0 Å². The van der Waals surface area contributed by atoms with Gasteiger partial charge in [0.1, 0.15) is 0 Å². The zero-order valence-electron chi connectivity index (χ0n) is 14.2. The van der Waals surface area contributed by atoms with Crippen LogP contribution in [0.4, 0.5) is 0 Å². The lowest BCUT2D eigenvalue weighted by atomic mass is 9.88. The van der Waals surface area contributed by atoms with E-state index in [1.807, 2.05) is 26.2 Å². The number of amides is 1. The highest BCUT2D eigenvalue weighted by molar-refractivity contribution is 5.78. The zero-order chi connectivity index (χ0) is 16.7. The number of likely N-dealkylation sites (tertiary alicyclic amines) is 1. The molecule has 3 heterocycles. The number of hydrogen-bond donors (Lipinski definition) is 0. The van der Waals surface area contributed by atoms with Gasteiger partial charge in [0.15, 0.2) is 11.5 Å². The molecule has 6 heteroatoms. The van der Waals surface area contributed by atoms with Crippen molar-refractivity contribution in [1.82, 2.24) is 9.80 Å². The van der Waals surface area contributed by atoms with Crippen molar-refractivity contribution >= 4 is 5.91 Å². The number of nitrogens with zero attached hydrogens (tertiary/aromatic N) is 2. The van der Waals surface area contributed by atoms with Gasteiger partial charge >= 0.3 is 0 Å². The average molecular weight is 332 g/mol. The topological polar surface area (TPSA) is 51.2 Å². The van der Waals surface area contributed by atoms with E-state index in [2.05, 4.69) is 11.0 Å². The van der Waals surface area contributed by atoms with Crippen LogP contribution in [-0.2, 0) is 16.1 Å². The van der Waals surface area contributed by atoms with Crippen LogP contribution >= 0.6 is 0 Å². The fourth-order valence-electron chi connectivity index (χ4n) is 4.05. The molecule has 1 aromatic carbocycles. The summed E-state index contributed by atoms with van der Waals surface area (Å²) >= 11 is 0. The molecule has 6 nitrogen and oxygen atoms in total. The molecule has 130 valence electrons. The Morgan fingerprint density at radius 2 is 2.12 bits per heavy atom. The number of fused-ring (bicyclic) bond motifs is 2. The second kappa shape index (κ2) is 6.26. The largest absolute Gasteiger partial charge is 0.454 e. The summed E-state index contributed by atoms with van der Waals surface area (Å²) in [4.78, 5) is 16.5. The molecule has 4 rings (SSSR count). The molecule has 0 unspecified atom stereocenters. The van der Waals surface area contributed by atoms with E-state index in [1.165, 1.54) is 5.56 Å². The molecule has 24 heavy (non-hydrogen) atoms. The van der Waals surface area contributed by atoms with E-state index in [-0.39, 0.29) is 17.9 Å². The zero-order valence-corrected chi connectivity index (χ0v) is 14.2. The van der Waals surface area contributed by atoms with E-state index in [0.717, 1.165) is 44.0 Å². The van der Waals surface area contributed by atoms with E-state index in [1.54, 1.807) is 4.90 Å². The minimum atomic E-state index is 0.00774. The molecule has 0 radical (unpaired) electrons. The molecule has 1 aromatic rings. The van der Waals surface area contributed by atoms with Crippen LogP contribution < -0.4 is 9.47 Å². The maximum atomic E-state index is 12.4. The van der Waals surface area contributed by atoms with Crippen LogP contribution in [0.15, 0.2) is 18.2 Å². The third-order valence-electron chi connectivity index (χ3n) is 5.23. The van der Waals surface area contributed by atoms with Crippen molar-refractivity contribution in [2.45, 2.75) is 31.5 Å². The Hall–Kier alpha value is -1.79. The lowest BCUT2D eigenvalue weighted by Gasteiger charge is -2.41. The molecule has 0 aromatic heterocycles. The Kier molecular flexibility index (Phi) is 4.10. The van der Waals surface area contributed by atoms with Crippen LogP contribution in [-0.4, -0.2) is 61.9 Å². The third kappa shape index (κ3) is 2.84. The Morgan fingerprint density at radius 3 is 2.96 bits per heavy atom. The van der Waals surface area contributed by atoms with Gasteiger partial charge < -0.3 is 19.1 Å². The minimum absolute atomic E-state index is 0.00774. The first-order valence-corrected chi connectivity index (χ1v) is 8.57. The fourth-order valence-corrected chi connectivity index (χ4v) is 4.05. The van der Waals surface area contributed by atoms with E-state index >= 15 is 0 Å². The highest BCUT2D eigenvalue weighted by Crippen LogP contribution is 2.36. The average Bonchev–Trinajstić information content (AvgIpc) is 3.22. The van der Waals surface area contributed by atoms with Crippen LogP contribution in [0, 0.1) is 5.92 Å². The first-order valence-electron chi connectivity index (χ1n) is 8.57. The first kappa shape index (κ1) is 15.7. The molecule has 2 saturated heterocycles. The Labute approximate surface area is 142 Å². The van der Waals surface area contributed by atoms with Crippen molar-refractivity contribution in [3.05, 3.63) is 23.8 Å². The van der Waals surface area contributed by atoms with Gasteiger partial charge in [0.25, 0.3) is 0 Å². The van der Waals surface area contributed by atoms with Gasteiger partial charge in [-0.3, -0.25) is 9.69 Å². The normalized spacial score (nSPS) is 28.7. The molecule has 0 aliphatic carbocycles. The van der Waals surface area contributed by atoms with Gasteiger partial charge in [0, 0.05) is 39.8 Å². The summed E-state index contributed by atoms with van der Waals surface area (Å²) in [7, 11) is 3.65. The molecule has 1 amide bonds. The lowest BCUT2D eigenvalue weighted by molar-refractivity contribution is -0.137. The van der Waals surface area contributed by atoms with Crippen molar-refractivity contribution < 1.29 is 19.0 Å². The molecule has 0 N–H and O–H groups in total. The van der Waals surface area contributed by atoms with Gasteiger partial charge in [-0.25, -0.2) is 0 Å². The van der Waals surface area contributed by atoms with E-state index in [4.69, 9.17) is 14.2 Å². The molecule has 3 atom stereocenters. The van der Waals surface area contributed by atoms with Gasteiger partial charge in [-0.2, -0.15) is 0 Å². The van der Waals surface area contributed by atoms with E-state index < -0.39 is 0 Å². The monoisotopic (exact) mass is 332 g/mol. The summed E-state index contributed by atoms with van der Waals surface area (Å²) in [5, 5.41) is 0. The van der Waals surface area contributed by atoms with Crippen LogP contribution in [0.5, 0.6) is 11.5 Å². The van der Waals surface area contributed by atoms with Gasteiger partial charge in [0.2, 0.25) is 12.7 Å². The minimum Gasteiger partial charge on any atom is -0.454 e. The van der Waals surface area contributed by atoms with Crippen molar-refractivity contribution in [2.75, 3.05) is 34.0 Å². The number of hydrogen-bond acceptors (Lipinski definition) is 5. The van der Waals surface area contributed by atoms with Crippen LogP contribution in [0.1, 0.15) is 18.4 Å². The second-order valence-electron chi connectivity index (χ2n) is 7.05. The number of rotatable bonds is 3. The smallest absolute Gasteiger partial charge is 0.231 e. The van der Waals surface area contributed by atoms with Crippen LogP contribution in [0.2, 0.25) is 0 Å². The van der Waals surface area contributed by atoms with E-state index in [0.29, 0.717) is 12.8 Å². The molecule has 3 aliphatic heterocycles. The number of piperidine rings is 1. The summed E-state index contributed by atoms with van der Waals surface area (Å²) < 4.78 is 16.8. The highest BCUT2D eigenvalue weighted by Gasteiger charge is 2.42. The van der Waals surface area contributed by atoms with Crippen molar-refractivity contribution in [3.63, 3.8) is 0 Å². The first-order chi connectivity index (χ1) is 11.6. The van der Waals surface area contributed by atoms with Crippen LogP contribution in [0.25, 0.3) is 0 Å². The summed E-state index contributed by atoms with van der Waals surface area (Å²) in [6.45, 7) is 2.67. The summed E-state index contributed by atoms with van der Waals surface area (Å²) in [5.74, 6) is 1.82. The third-order valence-corrected chi connectivity index (χ3v) is 5.23. The van der Waals surface area contributed by atoms with Gasteiger partial charge in [-0.05, 0) is 30.5 Å². The van der Waals surface area contributed by atoms with Crippen molar-refractivity contribution in [3.8, 4) is 11.5 Å². The number of carbonyl (C=O) groups is 1. The maximum Gasteiger partial charge on any atom is 0.231 e. The second-order valence-corrected chi connectivity index (χ2v) is 7.05. The van der Waals surface area contributed by atoms with Gasteiger partial charge in [-0.1, -0.05) is 6.07 Å². The Balaban J connectivity index is 1.52. The predicted octanol–water partition coefficient (Wildman–Crippen LogP) is 1.48. The molecule has 2 fully saturated rings. The van der Waals surface area contributed by atoms with Crippen molar-refractivity contribution in [2.24, 2.45) is 5.92 Å². The van der Waals surface area contributed by atoms with Gasteiger partial charge in [-0.15, -0.1) is 0 Å². The molecule has 3 aliphatic rings. The standard InChI is InChI=1S/C18H24N2O4/c1-19(2)18(21)13-8-16-14(5-6-22-16)20(10-13)9-12-3-4-15-17(7-12)24-11-23-15/h3-4,7,13-14,16H,5-6,8-11H2,1-2H3/t13-,14+,16+/m0/s1.